The maximum absolute atomic E-state index is 11.9. The first-order valence-electron chi connectivity index (χ1n) is 6.46. The van der Waals surface area contributed by atoms with Crippen LogP contribution in [0.4, 0.5) is 0 Å². The van der Waals surface area contributed by atoms with Crippen LogP contribution in [-0.4, -0.2) is 60.7 Å². The Labute approximate surface area is 122 Å². The summed E-state index contributed by atoms with van der Waals surface area (Å²) in [5.74, 6) is -0.839. The molecule has 10 nitrogen and oxygen atoms in total. The standard InChI is InChI=1S/C12H14N4O6/c13-9(20)4-1-16(10-6(4)11(21)15-3-14-10)12-8(19)7(18)5(2-17)22-12/h1,3,5,7-8,12,17-19H,2H2,(H2,13,20)(H,14,15,21)/t5-,7+,8+,12+/m0/s1. The molecule has 3 heterocycles. The molecule has 0 aliphatic carbocycles. The van der Waals surface area contributed by atoms with Gasteiger partial charge in [0.2, 0.25) is 0 Å². The van der Waals surface area contributed by atoms with Crippen LogP contribution >= 0.6 is 0 Å². The van der Waals surface area contributed by atoms with Crippen LogP contribution in [-0.2, 0) is 4.74 Å². The number of hydrogen-bond acceptors (Lipinski definition) is 7. The Kier molecular flexibility index (Phi) is 3.45. The Balaban J connectivity index is 2.18. The summed E-state index contributed by atoms with van der Waals surface area (Å²) >= 11 is 0. The van der Waals surface area contributed by atoms with Crippen LogP contribution in [0.15, 0.2) is 17.3 Å². The average molecular weight is 310 g/mol. The van der Waals surface area contributed by atoms with Crippen LogP contribution in [0.3, 0.4) is 0 Å². The summed E-state index contributed by atoms with van der Waals surface area (Å²) in [6.45, 7) is -0.495. The summed E-state index contributed by atoms with van der Waals surface area (Å²) < 4.78 is 6.62. The number of fused-ring (bicyclic) bond motifs is 1. The number of aromatic amines is 1. The molecule has 2 aromatic heterocycles. The number of ether oxygens (including phenoxy) is 1. The van der Waals surface area contributed by atoms with Crippen LogP contribution in [0, 0.1) is 0 Å². The highest BCUT2D eigenvalue weighted by atomic mass is 16.6. The number of carbonyl (C=O) groups excluding carboxylic acids is 1. The van der Waals surface area contributed by atoms with E-state index in [1.54, 1.807) is 0 Å². The summed E-state index contributed by atoms with van der Waals surface area (Å²) in [5, 5.41) is 28.9. The fourth-order valence-electron chi connectivity index (χ4n) is 2.58. The zero-order valence-corrected chi connectivity index (χ0v) is 11.2. The van der Waals surface area contributed by atoms with Gasteiger partial charge in [0.1, 0.15) is 24.0 Å². The number of primary amides is 1. The van der Waals surface area contributed by atoms with E-state index in [2.05, 4.69) is 9.97 Å². The van der Waals surface area contributed by atoms with Gasteiger partial charge in [-0.3, -0.25) is 9.59 Å². The Morgan fingerprint density at radius 3 is 2.77 bits per heavy atom. The van der Waals surface area contributed by atoms with Gasteiger partial charge < -0.3 is 35.3 Å². The van der Waals surface area contributed by atoms with Crippen LogP contribution in [0.25, 0.3) is 11.0 Å². The van der Waals surface area contributed by atoms with E-state index in [0.29, 0.717) is 0 Å². The Hall–Kier alpha value is -2.27. The highest BCUT2D eigenvalue weighted by molar-refractivity contribution is 6.05. The molecule has 10 heteroatoms. The number of nitrogens with zero attached hydrogens (tertiary/aromatic N) is 2. The first-order valence-corrected chi connectivity index (χ1v) is 6.46. The smallest absolute Gasteiger partial charge is 0.261 e. The van der Waals surface area contributed by atoms with Gasteiger partial charge in [0, 0.05) is 6.20 Å². The summed E-state index contributed by atoms with van der Waals surface area (Å²) in [7, 11) is 0. The topological polar surface area (TPSA) is 164 Å². The zero-order valence-electron chi connectivity index (χ0n) is 11.2. The van der Waals surface area contributed by atoms with Crippen molar-refractivity contribution in [1.82, 2.24) is 14.5 Å². The van der Waals surface area contributed by atoms with Gasteiger partial charge in [0.05, 0.1) is 23.9 Å². The summed E-state index contributed by atoms with van der Waals surface area (Å²) in [6.07, 6.45) is -2.42. The molecule has 0 unspecified atom stereocenters. The predicted molar refractivity (Wildman–Crippen MR) is 71.9 cm³/mol. The molecule has 0 aromatic carbocycles. The fourth-order valence-corrected chi connectivity index (χ4v) is 2.58. The maximum Gasteiger partial charge on any atom is 0.261 e. The third-order valence-electron chi connectivity index (χ3n) is 3.67. The zero-order chi connectivity index (χ0) is 16.0. The molecule has 1 aliphatic rings. The van der Waals surface area contributed by atoms with Gasteiger partial charge in [-0.2, -0.15) is 0 Å². The summed E-state index contributed by atoms with van der Waals surface area (Å²) in [6, 6.07) is 0. The van der Waals surface area contributed by atoms with Crippen molar-refractivity contribution < 1.29 is 24.9 Å². The van der Waals surface area contributed by atoms with E-state index < -0.39 is 42.6 Å². The lowest BCUT2D eigenvalue weighted by atomic mass is 10.1. The molecule has 0 radical (unpaired) electrons. The molecule has 1 aliphatic heterocycles. The van der Waals surface area contributed by atoms with Crippen LogP contribution in [0.2, 0.25) is 0 Å². The molecule has 22 heavy (non-hydrogen) atoms. The molecular formula is C12H14N4O6. The summed E-state index contributed by atoms with van der Waals surface area (Å²) in [4.78, 5) is 29.7. The third kappa shape index (κ3) is 2.01. The Morgan fingerprint density at radius 1 is 1.45 bits per heavy atom. The number of nitrogens with one attached hydrogen (secondary N) is 1. The number of amides is 1. The van der Waals surface area contributed by atoms with Gasteiger partial charge in [0.15, 0.2) is 6.23 Å². The normalized spacial score (nSPS) is 28.3. The summed E-state index contributed by atoms with van der Waals surface area (Å²) in [5.41, 5.74) is 4.68. The van der Waals surface area contributed by atoms with Crippen molar-refractivity contribution in [1.29, 1.82) is 0 Å². The minimum absolute atomic E-state index is 0.0345. The number of rotatable bonds is 3. The Morgan fingerprint density at radius 2 is 2.18 bits per heavy atom. The number of hydrogen-bond donors (Lipinski definition) is 5. The maximum atomic E-state index is 11.9. The molecule has 4 atom stereocenters. The van der Waals surface area contributed by atoms with Gasteiger partial charge in [0.25, 0.3) is 11.5 Å². The minimum atomic E-state index is -1.37. The number of H-pyrrole nitrogens is 1. The van der Waals surface area contributed by atoms with Crippen molar-refractivity contribution >= 4 is 16.9 Å². The highest BCUT2D eigenvalue weighted by Gasteiger charge is 2.44. The third-order valence-corrected chi connectivity index (χ3v) is 3.67. The molecule has 1 fully saturated rings. The van der Waals surface area contributed by atoms with Gasteiger partial charge in [-0.25, -0.2) is 4.98 Å². The van der Waals surface area contributed by atoms with E-state index in [4.69, 9.17) is 15.6 Å². The molecule has 2 aromatic rings. The first-order chi connectivity index (χ1) is 10.5. The Bertz CT molecular complexity index is 784. The second-order valence-corrected chi connectivity index (χ2v) is 4.97. The molecule has 0 bridgehead atoms. The number of nitrogens with two attached hydrogens (primary N) is 1. The average Bonchev–Trinajstić information content (AvgIpc) is 3.00. The molecule has 0 spiro atoms. The fraction of sp³-hybridized carbons (Fsp3) is 0.417. The van der Waals surface area contributed by atoms with Crippen molar-refractivity contribution in [3.05, 3.63) is 28.4 Å². The quantitative estimate of drug-likeness (QED) is 0.416. The van der Waals surface area contributed by atoms with Crippen molar-refractivity contribution in [3.63, 3.8) is 0 Å². The molecule has 3 rings (SSSR count). The molecule has 1 saturated heterocycles. The van der Waals surface area contributed by atoms with Gasteiger partial charge >= 0.3 is 0 Å². The second-order valence-electron chi connectivity index (χ2n) is 4.97. The SMILES string of the molecule is NC(=O)c1cn([C@@H]2O[C@@H](CO)[C@@H](O)[C@H]2O)c2nc[nH]c(=O)c12. The lowest BCUT2D eigenvalue weighted by Crippen LogP contribution is -2.33. The van der Waals surface area contributed by atoms with E-state index in [-0.39, 0.29) is 16.6 Å². The second kappa shape index (κ2) is 5.18. The molecule has 1 amide bonds. The molecule has 0 saturated carbocycles. The molecule has 118 valence electrons. The van der Waals surface area contributed by atoms with Gasteiger partial charge in [-0.05, 0) is 0 Å². The molecular weight excluding hydrogens is 296 g/mol. The lowest BCUT2D eigenvalue weighted by molar-refractivity contribution is -0.0509. The van der Waals surface area contributed by atoms with E-state index >= 15 is 0 Å². The minimum Gasteiger partial charge on any atom is -0.394 e. The predicted octanol–water partition coefficient (Wildman–Crippen LogP) is -2.56. The van der Waals surface area contributed by atoms with E-state index in [1.165, 1.54) is 10.8 Å². The van der Waals surface area contributed by atoms with Crippen LogP contribution < -0.4 is 11.3 Å². The van der Waals surface area contributed by atoms with Crippen LogP contribution in [0.1, 0.15) is 16.6 Å². The van der Waals surface area contributed by atoms with Crippen molar-refractivity contribution in [2.24, 2.45) is 5.73 Å². The lowest BCUT2D eigenvalue weighted by Gasteiger charge is -2.17. The number of carbonyl (C=O) groups is 1. The number of aliphatic hydroxyl groups is 3. The largest absolute Gasteiger partial charge is 0.394 e. The van der Waals surface area contributed by atoms with Crippen LogP contribution in [0.5, 0.6) is 0 Å². The van der Waals surface area contributed by atoms with Crippen molar-refractivity contribution in [3.8, 4) is 0 Å². The first kappa shape index (κ1) is 14.7. The molecule has 6 N–H and O–H groups in total. The van der Waals surface area contributed by atoms with Gasteiger partial charge in [-0.1, -0.05) is 0 Å². The van der Waals surface area contributed by atoms with E-state index in [0.717, 1.165) is 6.33 Å². The van der Waals surface area contributed by atoms with E-state index in [1.807, 2.05) is 0 Å². The van der Waals surface area contributed by atoms with E-state index in [9.17, 15) is 19.8 Å². The van der Waals surface area contributed by atoms with Crippen molar-refractivity contribution in [2.75, 3.05) is 6.61 Å². The van der Waals surface area contributed by atoms with Gasteiger partial charge in [-0.15, -0.1) is 0 Å². The van der Waals surface area contributed by atoms with Crippen molar-refractivity contribution in [2.45, 2.75) is 24.5 Å². The number of aliphatic hydroxyl groups excluding tert-OH is 3. The monoisotopic (exact) mass is 310 g/mol. The highest BCUT2D eigenvalue weighted by Crippen LogP contribution is 2.32. The number of aromatic nitrogens is 3.